The Kier molecular flexibility index (Phi) is 3.33. The molecule has 3 nitrogen and oxygen atoms in total. The average molecular weight is 264 g/mol. The highest BCUT2D eigenvalue weighted by Crippen LogP contribution is 2.30. The first-order chi connectivity index (χ1) is 7.58. The molecule has 1 fully saturated rings. The number of nitrogens with one attached hydrogen (secondary N) is 1. The van der Waals surface area contributed by atoms with E-state index in [9.17, 15) is 9.18 Å². The lowest BCUT2D eigenvalue weighted by atomic mass is 10.1. The van der Waals surface area contributed by atoms with Gasteiger partial charge in [0.25, 0.3) is 0 Å². The van der Waals surface area contributed by atoms with Crippen LogP contribution in [0.2, 0.25) is 10.0 Å². The molecule has 0 saturated carbocycles. The van der Waals surface area contributed by atoms with Crippen molar-refractivity contribution < 1.29 is 13.9 Å². The van der Waals surface area contributed by atoms with Crippen LogP contribution in [0.5, 0.6) is 0 Å². The summed E-state index contributed by atoms with van der Waals surface area (Å²) in [5.41, 5.74) is 0.262. The van der Waals surface area contributed by atoms with Gasteiger partial charge >= 0.3 is 0 Å². The molecule has 16 heavy (non-hydrogen) atoms. The van der Waals surface area contributed by atoms with Crippen LogP contribution in [-0.4, -0.2) is 19.1 Å². The van der Waals surface area contributed by atoms with E-state index < -0.39 is 11.9 Å². The van der Waals surface area contributed by atoms with Crippen molar-refractivity contribution in [2.24, 2.45) is 0 Å². The van der Waals surface area contributed by atoms with Crippen LogP contribution >= 0.6 is 23.2 Å². The van der Waals surface area contributed by atoms with Gasteiger partial charge in [0, 0.05) is 17.1 Å². The molecule has 1 atom stereocenters. The maximum Gasteiger partial charge on any atom is 0.246 e. The van der Waals surface area contributed by atoms with Gasteiger partial charge in [0.1, 0.15) is 18.5 Å². The third-order valence-corrected chi connectivity index (χ3v) is 2.76. The molecule has 1 N–H and O–H groups in total. The minimum atomic E-state index is -0.563. The first kappa shape index (κ1) is 11.6. The van der Waals surface area contributed by atoms with Crippen LogP contribution in [0, 0.1) is 5.82 Å². The molecule has 6 heteroatoms. The number of rotatable bonds is 1. The van der Waals surface area contributed by atoms with Crippen molar-refractivity contribution >= 4 is 29.1 Å². The Morgan fingerprint density at radius 3 is 2.81 bits per heavy atom. The highest BCUT2D eigenvalue weighted by atomic mass is 35.5. The Bertz CT molecular complexity index is 429. The van der Waals surface area contributed by atoms with E-state index in [4.69, 9.17) is 27.9 Å². The summed E-state index contributed by atoms with van der Waals surface area (Å²) >= 11 is 11.4. The van der Waals surface area contributed by atoms with Crippen LogP contribution in [0.1, 0.15) is 11.7 Å². The third-order valence-electron chi connectivity index (χ3n) is 2.27. The minimum absolute atomic E-state index is 0.0528. The molecule has 1 aromatic carbocycles. The van der Waals surface area contributed by atoms with Crippen molar-refractivity contribution in [2.45, 2.75) is 6.10 Å². The average Bonchev–Trinajstić information content (AvgIpc) is 2.25. The lowest BCUT2D eigenvalue weighted by Gasteiger charge is -2.24. The maximum absolute atomic E-state index is 13.7. The second-order valence-electron chi connectivity index (χ2n) is 3.39. The molecule has 0 spiro atoms. The number of halogens is 3. The standard InChI is InChI=1S/C10H8Cl2FNO2/c11-5-1-6(10(13)7(12)2-5)8-3-14-9(15)4-16-8/h1-2,8H,3-4H2,(H,14,15)/t8-/m0/s1. The highest BCUT2D eigenvalue weighted by Gasteiger charge is 2.24. The summed E-state index contributed by atoms with van der Waals surface area (Å²) < 4.78 is 18.9. The van der Waals surface area contributed by atoms with Gasteiger partial charge in [0.2, 0.25) is 5.91 Å². The summed E-state index contributed by atoms with van der Waals surface area (Å²) in [7, 11) is 0. The molecule has 1 aliphatic heterocycles. The van der Waals surface area contributed by atoms with Crippen LogP contribution in [-0.2, 0) is 9.53 Å². The zero-order chi connectivity index (χ0) is 11.7. The first-order valence-corrected chi connectivity index (χ1v) is 5.36. The molecule has 1 amide bonds. The summed E-state index contributed by atoms with van der Waals surface area (Å²) in [5, 5.41) is 2.86. The highest BCUT2D eigenvalue weighted by molar-refractivity contribution is 6.34. The number of morpholine rings is 1. The molecule has 0 aromatic heterocycles. The molecule has 0 bridgehead atoms. The fraction of sp³-hybridized carbons (Fsp3) is 0.300. The van der Waals surface area contributed by atoms with Gasteiger partial charge in [0.05, 0.1) is 5.02 Å². The monoisotopic (exact) mass is 263 g/mol. The molecule has 1 aliphatic rings. The van der Waals surface area contributed by atoms with Crippen molar-refractivity contribution in [3.8, 4) is 0 Å². The lowest BCUT2D eigenvalue weighted by molar-refractivity contribution is -0.133. The Hall–Kier alpha value is -0.840. The van der Waals surface area contributed by atoms with Gasteiger partial charge in [-0.1, -0.05) is 23.2 Å². The number of amides is 1. The van der Waals surface area contributed by atoms with Crippen molar-refractivity contribution in [1.29, 1.82) is 0 Å². The molecule has 1 saturated heterocycles. The van der Waals surface area contributed by atoms with Gasteiger partial charge in [-0.25, -0.2) is 4.39 Å². The van der Waals surface area contributed by atoms with Crippen LogP contribution in [0.25, 0.3) is 0 Å². The summed E-state index contributed by atoms with van der Waals surface area (Å²) in [6.07, 6.45) is -0.547. The van der Waals surface area contributed by atoms with Crippen LogP contribution in [0.3, 0.4) is 0 Å². The van der Waals surface area contributed by atoms with Crippen molar-refractivity contribution in [3.63, 3.8) is 0 Å². The van der Waals surface area contributed by atoms with Gasteiger partial charge in [0.15, 0.2) is 0 Å². The van der Waals surface area contributed by atoms with Crippen molar-refractivity contribution in [1.82, 2.24) is 5.32 Å². The second kappa shape index (κ2) is 4.57. The normalized spacial score (nSPS) is 20.7. The number of hydrogen-bond acceptors (Lipinski definition) is 2. The predicted octanol–water partition coefficient (Wildman–Crippen LogP) is 2.32. The molecular weight excluding hydrogens is 256 g/mol. The van der Waals surface area contributed by atoms with Gasteiger partial charge in [-0.05, 0) is 12.1 Å². The van der Waals surface area contributed by atoms with E-state index in [-0.39, 0.29) is 29.6 Å². The summed E-state index contributed by atoms with van der Waals surface area (Å²) in [6, 6.07) is 2.77. The van der Waals surface area contributed by atoms with E-state index in [1.807, 2.05) is 0 Å². The number of ether oxygens (including phenoxy) is 1. The number of benzene rings is 1. The van der Waals surface area contributed by atoms with Gasteiger partial charge in [-0.2, -0.15) is 0 Å². The minimum Gasteiger partial charge on any atom is -0.362 e. The topological polar surface area (TPSA) is 38.3 Å². The molecule has 0 unspecified atom stereocenters. The zero-order valence-electron chi connectivity index (χ0n) is 8.10. The third kappa shape index (κ3) is 2.29. The Labute approximate surface area is 101 Å². The fourth-order valence-electron chi connectivity index (χ4n) is 1.50. The number of carbonyl (C=O) groups excluding carboxylic acids is 1. The van der Waals surface area contributed by atoms with E-state index in [0.717, 1.165) is 0 Å². The molecule has 1 heterocycles. The van der Waals surface area contributed by atoms with Crippen molar-refractivity contribution in [2.75, 3.05) is 13.2 Å². The molecule has 0 aliphatic carbocycles. The largest absolute Gasteiger partial charge is 0.362 e. The Morgan fingerprint density at radius 1 is 1.44 bits per heavy atom. The van der Waals surface area contributed by atoms with Gasteiger partial charge < -0.3 is 10.1 Å². The van der Waals surface area contributed by atoms with Gasteiger partial charge in [-0.3, -0.25) is 4.79 Å². The molecule has 1 aromatic rings. The van der Waals surface area contributed by atoms with E-state index in [0.29, 0.717) is 5.02 Å². The summed E-state index contributed by atoms with van der Waals surface area (Å²) in [6.45, 7) is 0.126. The second-order valence-corrected chi connectivity index (χ2v) is 4.24. The molecule has 0 radical (unpaired) electrons. The predicted molar refractivity (Wildman–Crippen MR) is 58.1 cm³/mol. The quantitative estimate of drug-likeness (QED) is 0.790. The molecule has 86 valence electrons. The summed E-state index contributed by atoms with van der Waals surface area (Å²) in [5.74, 6) is -0.781. The van der Waals surface area contributed by atoms with Gasteiger partial charge in [-0.15, -0.1) is 0 Å². The Morgan fingerprint density at radius 2 is 2.19 bits per heavy atom. The SMILES string of the molecule is O=C1CO[C@H](c2cc(Cl)cc(Cl)c2F)CN1. The van der Waals surface area contributed by atoms with E-state index in [2.05, 4.69) is 5.32 Å². The maximum atomic E-state index is 13.7. The lowest BCUT2D eigenvalue weighted by Crippen LogP contribution is -2.39. The Balaban J connectivity index is 2.29. The van der Waals surface area contributed by atoms with Crippen LogP contribution < -0.4 is 5.32 Å². The summed E-state index contributed by atoms with van der Waals surface area (Å²) in [4.78, 5) is 10.9. The van der Waals surface area contributed by atoms with E-state index in [1.165, 1.54) is 12.1 Å². The van der Waals surface area contributed by atoms with Crippen LogP contribution in [0.15, 0.2) is 12.1 Å². The van der Waals surface area contributed by atoms with Crippen LogP contribution in [0.4, 0.5) is 4.39 Å². The smallest absolute Gasteiger partial charge is 0.246 e. The first-order valence-electron chi connectivity index (χ1n) is 4.60. The van der Waals surface area contributed by atoms with Crippen molar-refractivity contribution in [3.05, 3.63) is 33.6 Å². The fourth-order valence-corrected chi connectivity index (χ4v) is 2.01. The molecule has 2 rings (SSSR count). The molecular formula is C10H8Cl2FNO2. The number of hydrogen-bond donors (Lipinski definition) is 1. The van der Waals surface area contributed by atoms with E-state index in [1.54, 1.807) is 0 Å². The zero-order valence-corrected chi connectivity index (χ0v) is 9.61. The number of carbonyl (C=O) groups is 1. The van der Waals surface area contributed by atoms with E-state index >= 15 is 0 Å².